The first kappa shape index (κ1) is 13.8. The predicted molar refractivity (Wildman–Crippen MR) is 68.0 cm³/mol. The fourth-order valence-corrected chi connectivity index (χ4v) is 1.78. The highest BCUT2D eigenvalue weighted by Gasteiger charge is 2.12. The van der Waals surface area contributed by atoms with E-state index in [1.165, 1.54) is 6.07 Å². The van der Waals surface area contributed by atoms with Crippen LogP contribution in [0.25, 0.3) is 0 Å². The number of hydrogen-bond donors (Lipinski definition) is 1. The molecule has 1 rings (SSSR count). The largest absolute Gasteiger partial charge is 0.492 e. The zero-order valence-electron chi connectivity index (χ0n) is 10.1. The molecule has 1 aromatic carbocycles. The third kappa shape index (κ3) is 4.27. The van der Waals surface area contributed by atoms with Gasteiger partial charge in [-0.3, -0.25) is 0 Å². The van der Waals surface area contributed by atoms with Gasteiger partial charge in [0.25, 0.3) is 0 Å². The highest BCUT2D eigenvalue weighted by molar-refractivity contribution is 6.31. The predicted octanol–water partition coefficient (Wildman–Crippen LogP) is 3.85. The molecule has 0 aliphatic heterocycles. The fraction of sp³-hybridized carbons (Fsp3) is 0.462. The van der Waals surface area contributed by atoms with Crippen LogP contribution < -0.4 is 4.74 Å². The Balaban J connectivity index is 2.73. The third-order valence-electron chi connectivity index (χ3n) is 2.48. The van der Waals surface area contributed by atoms with Crippen molar-refractivity contribution in [2.24, 2.45) is 5.92 Å². The number of rotatable bonds is 6. The van der Waals surface area contributed by atoms with E-state index in [-0.39, 0.29) is 5.56 Å². The first-order valence-electron chi connectivity index (χ1n) is 5.70. The first-order chi connectivity index (χ1) is 8.04. The summed E-state index contributed by atoms with van der Waals surface area (Å²) in [6.45, 7) is 4.72. The highest BCUT2D eigenvalue weighted by Crippen LogP contribution is 2.23. The van der Waals surface area contributed by atoms with Crippen LogP contribution in [0.1, 0.15) is 37.0 Å². The van der Waals surface area contributed by atoms with E-state index in [0.717, 1.165) is 12.8 Å². The lowest BCUT2D eigenvalue weighted by Gasteiger charge is -2.13. The molecule has 17 heavy (non-hydrogen) atoms. The second-order valence-electron chi connectivity index (χ2n) is 4.15. The van der Waals surface area contributed by atoms with Crippen LogP contribution in [0.2, 0.25) is 5.02 Å². The molecule has 0 heterocycles. The van der Waals surface area contributed by atoms with Crippen molar-refractivity contribution in [2.75, 3.05) is 6.61 Å². The molecule has 0 aromatic heterocycles. The van der Waals surface area contributed by atoms with Crippen LogP contribution in [0, 0.1) is 5.92 Å². The Morgan fingerprint density at radius 1 is 1.53 bits per heavy atom. The number of halogens is 1. The Morgan fingerprint density at radius 2 is 2.24 bits per heavy atom. The second kappa shape index (κ2) is 6.50. The van der Waals surface area contributed by atoms with Crippen LogP contribution in [-0.4, -0.2) is 17.7 Å². The number of ether oxygens (including phenoxy) is 1. The van der Waals surface area contributed by atoms with Crippen molar-refractivity contribution in [3.63, 3.8) is 0 Å². The summed E-state index contributed by atoms with van der Waals surface area (Å²) < 4.78 is 5.53. The van der Waals surface area contributed by atoms with Gasteiger partial charge in [0.1, 0.15) is 11.3 Å². The fourth-order valence-electron chi connectivity index (χ4n) is 1.60. The third-order valence-corrected chi connectivity index (χ3v) is 2.71. The van der Waals surface area contributed by atoms with Crippen LogP contribution in [0.4, 0.5) is 0 Å². The lowest BCUT2D eigenvalue weighted by Crippen LogP contribution is -2.10. The number of aromatic carboxylic acids is 1. The van der Waals surface area contributed by atoms with E-state index < -0.39 is 5.97 Å². The van der Waals surface area contributed by atoms with E-state index in [0.29, 0.717) is 23.3 Å². The summed E-state index contributed by atoms with van der Waals surface area (Å²) in [7, 11) is 0. The molecule has 0 bridgehead atoms. The zero-order valence-corrected chi connectivity index (χ0v) is 10.8. The van der Waals surface area contributed by atoms with Gasteiger partial charge in [-0.1, -0.05) is 31.9 Å². The van der Waals surface area contributed by atoms with E-state index >= 15 is 0 Å². The molecule has 0 amide bonds. The Hall–Kier alpha value is -1.22. The highest BCUT2D eigenvalue weighted by atomic mass is 35.5. The summed E-state index contributed by atoms with van der Waals surface area (Å²) in [4.78, 5) is 11.0. The van der Waals surface area contributed by atoms with Crippen molar-refractivity contribution in [3.8, 4) is 5.75 Å². The van der Waals surface area contributed by atoms with Gasteiger partial charge in [0.15, 0.2) is 0 Å². The molecule has 0 saturated heterocycles. The van der Waals surface area contributed by atoms with Crippen molar-refractivity contribution in [3.05, 3.63) is 28.8 Å². The summed E-state index contributed by atoms with van der Waals surface area (Å²) in [6, 6.07) is 4.64. The Morgan fingerprint density at radius 3 is 2.82 bits per heavy atom. The van der Waals surface area contributed by atoms with Gasteiger partial charge in [0.05, 0.1) is 6.61 Å². The minimum Gasteiger partial charge on any atom is -0.492 e. The molecule has 4 heteroatoms. The standard InChI is InChI=1S/C13H17ClO3/c1-3-4-9(2)8-17-12-6-5-10(14)7-11(12)13(15)16/h5-7,9H,3-4,8H2,1-2H3,(H,15,16). The summed E-state index contributed by atoms with van der Waals surface area (Å²) in [5.41, 5.74) is 0.112. The Labute approximate surface area is 106 Å². The van der Waals surface area contributed by atoms with Gasteiger partial charge in [0.2, 0.25) is 0 Å². The molecule has 1 atom stereocenters. The van der Waals surface area contributed by atoms with Crippen LogP contribution in [-0.2, 0) is 0 Å². The monoisotopic (exact) mass is 256 g/mol. The van der Waals surface area contributed by atoms with Crippen molar-refractivity contribution in [2.45, 2.75) is 26.7 Å². The molecule has 0 saturated carbocycles. The lowest BCUT2D eigenvalue weighted by molar-refractivity contribution is 0.0691. The maximum atomic E-state index is 11.0. The topological polar surface area (TPSA) is 46.5 Å². The average molecular weight is 257 g/mol. The second-order valence-corrected chi connectivity index (χ2v) is 4.59. The SMILES string of the molecule is CCCC(C)COc1ccc(Cl)cc1C(=O)O. The van der Waals surface area contributed by atoms with E-state index in [9.17, 15) is 4.79 Å². The minimum atomic E-state index is -1.02. The molecule has 3 nitrogen and oxygen atoms in total. The molecule has 1 unspecified atom stereocenters. The Bertz CT molecular complexity index is 390. The number of carboxylic acids is 1. The van der Waals surface area contributed by atoms with Crippen LogP contribution in [0.3, 0.4) is 0 Å². The van der Waals surface area contributed by atoms with Gasteiger partial charge in [-0.25, -0.2) is 4.79 Å². The van der Waals surface area contributed by atoms with Crippen molar-refractivity contribution < 1.29 is 14.6 Å². The molecule has 0 spiro atoms. The van der Waals surface area contributed by atoms with Gasteiger partial charge in [-0.15, -0.1) is 0 Å². The molecule has 0 aliphatic carbocycles. The van der Waals surface area contributed by atoms with E-state index in [2.05, 4.69) is 13.8 Å². The summed E-state index contributed by atoms with van der Waals surface area (Å²) in [5, 5.41) is 9.42. The van der Waals surface area contributed by atoms with Gasteiger partial charge >= 0.3 is 5.97 Å². The molecule has 1 aromatic rings. The molecular weight excluding hydrogens is 240 g/mol. The number of benzene rings is 1. The van der Waals surface area contributed by atoms with Crippen LogP contribution in [0.15, 0.2) is 18.2 Å². The maximum Gasteiger partial charge on any atom is 0.339 e. The average Bonchev–Trinajstić information content (AvgIpc) is 2.27. The molecule has 0 aliphatic rings. The molecule has 0 fully saturated rings. The molecule has 1 N–H and O–H groups in total. The van der Waals surface area contributed by atoms with Crippen molar-refractivity contribution >= 4 is 17.6 Å². The lowest BCUT2D eigenvalue weighted by atomic mass is 10.1. The number of hydrogen-bond acceptors (Lipinski definition) is 2. The summed E-state index contributed by atoms with van der Waals surface area (Å²) in [6.07, 6.45) is 2.16. The number of carboxylic acid groups (broad SMARTS) is 1. The summed E-state index contributed by atoms with van der Waals surface area (Å²) >= 11 is 5.75. The molecular formula is C13H17ClO3. The zero-order chi connectivity index (χ0) is 12.8. The molecule has 0 radical (unpaired) electrons. The van der Waals surface area contributed by atoms with Crippen molar-refractivity contribution in [1.82, 2.24) is 0 Å². The smallest absolute Gasteiger partial charge is 0.339 e. The van der Waals surface area contributed by atoms with Crippen LogP contribution >= 0.6 is 11.6 Å². The molecule has 94 valence electrons. The summed E-state index contributed by atoms with van der Waals surface area (Å²) in [5.74, 6) is -0.229. The normalized spacial score (nSPS) is 12.2. The first-order valence-corrected chi connectivity index (χ1v) is 6.08. The van der Waals surface area contributed by atoms with Gasteiger partial charge < -0.3 is 9.84 Å². The van der Waals surface area contributed by atoms with E-state index in [4.69, 9.17) is 21.4 Å². The Kier molecular flexibility index (Phi) is 5.29. The van der Waals surface area contributed by atoms with E-state index in [1.807, 2.05) is 0 Å². The van der Waals surface area contributed by atoms with Gasteiger partial charge in [-0.2, -0.15) is 0 Å². The maximum absolute atomic E-state index is 11.0. The minimum absolute atomic E-state index is 0.112. The quantitative estimate of drug-likeness (QED) is 0.841. The number of carbonyl (C=O) groups is 1. The van der Waals surface area contributed by atoms with Gasteiger partial charge in [-0.05, 0) is 30.5 Å². The van der Waals surface area contributed by atoms with Gasteiger partial charge in [0, 0.05) is 5.02 Å². The van der Waals surface area contributed by atoms with Crippen molar-refractivity contribution in [1.29, 1.82) is 0 Å². The van der Waals surface area contributed by atoms with E-state index in [1.54, 1.807) is 12.1 Å². The van der Waals surface area contributed by atoms with Crippen LogP contribution in [0.5, 0.6) is 5.75 Å².